The number of rotatable bonds is 5. The van der Waals surface area contributed by atoms with Crippen molar-refractivity contribution in [2.24, 2.45) is 0 Å². The van der Waals surface area contributed by atoms with E-state index in [1.54, 1.807) is 48.5 Å². The largest absolute Gasteiger partial charge is 0.394 e. The molecular formula is C23H23N3O7. The first-order valence-corrected chi connectivity index (χ1v) is 9.99. The number of Topliss-reactive ketones (excluding diaryl/α,β-unsaturated/α-hetero) is 2. The van der Waals surface area contributed by atoms with Gasteiger partial charge < -0.3 is 25.8 Å². The van der Waals surface area contributed by atoms with Crippen LogP contribution in [0.25, 0.3) is 0 Å². The predicted octanol–water partition coefficient (Wildman–Crippen LogP) is 0.189. The molecule has 0 bridgehead atoms. The lowest BCUT2D eigenvalue weighted by Crippen LogP contribution is -2.36. The number of anilines is 1. The second-order valence-corrected chi connectivity index (χ2v) is 7.16. The van der Waals surface area contributed by atoms with E-state index in [0.29, 0.717) is 11.1 Å². The zero-order chi connectivity index (χ0) is 24.0. The minimum atomic E-state index is -1.31. The van der Waals surface area contributed by atoms with E-state index in [9.17, 15) is 24.6 Å². The van der Waals surface area contributed by atoms with Crippen LogP contribution in [0.2, 0.25) is 0 Å². The first-order chi connectivity index (χ1) is 15.8. The molecule has 2 aromatic carbocycles. The Morgan fingerprint density at radius 3 is 1.85 bits per heavy atom. The fraction of sp³-hybridized carbons (Fsp3) is 0.217. The van der Waals surface area contributed by atoms with Gasteiger partial charge >= 0.3 is 5.69 Å². The van der Waals surface area contributed by atoms with E-state index >= 15 is 0 Å². The molecule has 4 atom stereocenters. The van der Waals surface area contributed by atoms with Crippen molar-refractivity contribution in [2.45, 2.75) is 24.5 Å². The molecule has 1 aliphatic rings. The molecular weight excluding hydrogens is 430 g/mol. The summed E-state index contributed by atoms with van der Waals surface area (Å²) in [5.41, 5.74) is 5.48. The van der Waals surface area contributed by atoms with E-state index in [4.69, 9.17) is 15.6 Å². The summed E-state index contributed by atoms with van der Waals surface area (Å²) in [6, 6.07) is 18.5. The SMILES string of the molecule is Nc1ccn([C@@H]2O[C@H](CO)[C@@H](O)[C@H]2O)c(=O)n1.O=C(C(=O)c1ccccc1)c1ccccc1. The third-order valence-electron chi connectivity index (χ3n) is 4.92. The highest BCUT2D eigenvalue weighted by atomic mass is 16.6. The van der Waals surface area contributed by atoms with Gasteiger partial charge in [0, 0.05) is 17.3 Å². The van der Waals surface area contributed by atoms with Gasteiger partial charge in [0.25, 0.3) is 0 Å². The Balaban J connectivity index is 0.000000186. The van der Waals surface area contributed by atoms with E-state index < -0.39 is 48.4 Å². The average Bonchev–Trinajstić information content (AvgIpc) is 3.13. The summed E-state index contributed by atoms with van der Waals surface area (Å²) in [7, 11) is 0. The Kier molecular flexibility index (Phi) is 7.80. The van der Waals surface area contributed by atoms with Gasteiger partial charge in [-0.1, -0.05) is 60.7 Å². The van der Waals surface area contributed by atoms with Crippen LogP contribution in [0.4, 0.5) is 5.82 Å². The molecule has 1 saturated heterocycles. The highest BCUT2D eigenvalue weighted by Crippen LogP contribution is 2.27. The standard InChI is InChI=1S/C14H10O2.C9H13N3O5/c15-13(11-7-3-1-4-8-11)14(16)12-9-5-2-6-10-12;10-5-1-2-12(9(16)11-5)8-7(15)6(14)4(3-13)17-8/h1-10H;1-2,4,6-8,13-15H,3H2,(H2,10,11,16)/t;4-,6-,7-,8-/m.1/s1. The normalized spacial score (nSPS) is 21.7. The molecule has 4 rings (SSSR count). The molecule has 0 amide bonds. The first-order valence-electron chi connectivity index (χ1n) is 9.99. The number of aromatic nitrogens is 2. The molecule has 10 heteroatoms. The summed E-state index contributed by atoms with van der Waals surface area (Å²) in [4.78, 5) is 38.6. The number of hydrogen-bond donors (Lipinski definition) is 4. The molecule has 0 spiro atoms. The molecule has 2 heterocycles. The minimum absolute atomic E-state index is 0.0537. The fourth-order valence-corrected chi connectivity index (χ4v) is 3.17. The molecule has 1 fully saturated rings. The van der Waals surface area contributed by atoms with Gasteiger partial charge in [-0.25, -0.2) is 4.79 Å². The number of carbonyl (C=O) groups is 2. The molecule has 5 N–H and O–H groups in total. The monoisotopic (exact) mass is 453 g/mol. The maximum Gasteiger partial charge on any atom is 0.351 e. The quantitative estimate of drug-likeness (QED) is 0.312. The number of ketones is 2. The van der Waals surface area contributed by atoms with Crippen LogP contribution in [-0.2, 0) is 4.74 Å². The Bertz CT molecular complexity index is 1100. The van der Waals surface area contributed by atoms with Gasteiger partial charge in [-0.15, -0.1) is 0 Å². The molecule has 1 aromatic heterocycles. The van der Waals surface area contributed by atoms with Crippen molar-refractivity contribution < 1.29 is 29.6 Å². The zero-order valence-electron chi connectivity index (χ0n) is 17.4. The van der Waals surface area contributed by atoms with Crippen molar-refractivity contribution in [3.63, 3.8) is 0 Å². The second-order valence-electron chi connectivity index (χ2n) is 7.16. The number of nitrogen functional groups attached to an aromatic ring is 1. The lowest BCUT2D eigenvalue weighted by molar-refractivity contribution is -0.0549. The lowest BCUT2D eigenvalue weighted by atomic mass is 10.0. The molecule has 0 unspecified atom stereocenters. The molecule has 1 aliphatic heterocycles. The zero-order valence-corrected chi connectivity index (χ0v) is 17.4. The summed E-state index contributed by atoms with van der Waals surface area (Å²) in [5, 5.41) is 28.2. The van der Waals surface area contributed by atoms with Crippen LogP contribution in [0.1, 0.15) is 26.9 Å². The fourth-order valence-electron chi connectivity index (χ4n) is 3.17. The summed E-state index contributed by atoms with van der Waals surface area (Å²) in [5.74, 6) is -0.878. The van der Waals surface area contributed by atoms with Gasteiger partial charge in [0.15, 0.2) is 6.23 Å². The Hall–Kier alpha value is -3.70. The van der Waals surface area contributed by atoms with E-state index in [0.717, 1.165) is 4.57 Å². The lowest BCUT2D eigenvalue weighted by Gasteiger charge is -2.16. The summed E-state index contributed by atoms with van der Waals surface area (Å²) in [6.07, 6.45) is -3.27. The van der Waals surface area contributed by atoms with Crippen LogP contribution >= 0.6 is 0 Å². The number of ether oxygens (including phenoxy) is 1. The number of hydrogen-bond acceptors (Lipinski definition) is 9. The minimum Gasteiger partial charge on any atom is -0.394 e. The third kappa shape index (κ3) is 5.57. The van der Waals surface area contributed by atoms with Crippen LogP contribution in [0.3, 0.4) is 0 Å². The predicted molar refractivity (Wildman–Crippen MR) is 117 cm³/mol. The Labute approximate surface area is 188 Å². The van der Waals surface area contributed by atoms with Crippen molar-refractivity contribution in [3.8, 4) is 0 Å². The summed E-state index contributed by atoms with van der Waals surface area (Å²) >= 11 is 0. The molecule has 0 aliphatic carbocycles. The van der Waals surface area contributed by atoms with Crippen LogP contribution in [0, 0.1) is 0 Å². The molecule has 0 saturated carbocycles. The summed E-state index contributed by atoms with van der Waals surface area (Å²) in [6.45, 7) is -0.453. The van der Waals surface area contributed by atoms with E-state index in [1.807, 2.05) is 12.1 Å². The number of nitrogens with zero attached hydrogens (tertiary/aromatic N) is 2. The molecule has 10 nitrogen and oxygen atoms in total. The van der Waals surface area contributed by atoms with Crippen LogP contribution in [0.5, 0.6) is 0 Å². The summed E-state index contributed by atoms with van der Waals surface area (Å²) < 4.78 is 6.19. The van der Waals surface area contributed by atoms with E-state index in [-0.39, 0.29) is 5.82 Å². The van der Waals surface area contributed by atoms with Crippen LogP contribution in [-0.4, -0.2) is 61.4 Å². The number of nitrogens with two attached hydrogens (primary N) is 1. The van der Waals surface area contributed by atoms with E-state index in [1.165, 1.54) is 12.3 Å². The van der Waals surface area contributed by atoms with E-state index in [2.05, 4.69) is 4.98 Å². The highest BCUT2D eigenvalue weighted by molar-refractivity contribution is 6.49. The topological polar surface area (TPSA) is 165 Å². The van der Waals surface area contributed by atoms with Gasteiger partial charge in [-0.05, 0) is 6.07 Å². The number of carbonyl (C=O) groups excluding carboxylic acids is 2. The van der Waals surface area contributed by atoms with Crippen molar-refractivity contribution >= 4 is 17.4 Å². The first kappa shape index (κ1) is 24.0. The second kappa shape index (κ2) is 10.7. The van der Waals surface area contributed by atoms with Gasteiger partial charge in [-0.2, -0.15) is 4.98 Å². The maximum absolute atomic E-state index is 11.8. The molecule has 33 heavy (non-hydrogen) atoms. The Morgan fingerprint density at radius 1 is 0.909 bits per heavy atom. The van der Waals surface area contributed by atoms with Gasteiger partial charge in [0.1, 0.15) is 24.1 Å². The molecule has 3 aromatic rings. The number of aliphatic hydroxyl groups is 3. The van der Waals surface area contributed by atoms with Gasteiger partial charge in [0.05, 0.1) is 6.61 Å². The van der Waals surface area contributed by atoms with Crippen molar-refractivity contribution in [3.05, 3.63) is 94.5 Å². The van der Waals surface area contributed by atoms with Gasteiger partial charge in [-0.3, -0.25) is 14.2 Å². The molecule has 172 valence electrons. The molecule has 0 radical (unpaired) electrons. The number of benzene rings is 2. The van der Waals surface area contributed by atoms with Crippen molar-refractivity contribution in [1.29, 1.82) is 0 Å². The average molecular weight is 453 g/mol. The van der Waals surface area contributed by atoms with Crippen LogP contribution in [0.15, 0.2) is 77.7 Å². The Morgan fingerprint density at radius 2 is 1.42 bits per heavy atom. The smallest absolute Gasteiger partial charge is 0.351 e. The maximum atomic E-state index is 11.8. The van der Waals surface area contributed by atoms with Crippen molar-refractivity contribution in [1.82, 2.24) is 9.55 Å². The van der Waals surface area contributed by atoms with Gasteiger partial charge in [0.2, 0.25) is 11.6 Å². The van der Waals surface area contributed by atoms with Crippen LogP contribution < -0.4 is 11.4 Å². The highest BCUT2D eigenvalue weighted by Gasteiger charge is 2.43. The third-order valence-corrected chi connectivity index (χ3v) is 4.92. The number of aliphatic hydroxyl groups excluding tert-OH is 3. The van der Waals surface area contributed by atoms with Crippen molar-refractivity contribution in [2.75, 3.05) is 12.3 Å².